The van der Waals surface area contributed by atoms with Crippen molar-refractivity contribution in [2.75, 3.05) is 7.11 Å². The zero-order chi connectivity index (χ0) is 16.7. The van der Waals surface area contributed by atoms with Gasteiger partial charge in [0, 0.05) is 17.8 Å². The largest absolute Gasteiger partial charge is 0.504 e. The van der Waals surface area contributed by atoms with E-state index in [2.05, 4.69) is 9.97 Å². The molecule has 0 bridgehead atoms. The lowest BCUT2D eigenvalue weighted by molar-refractivity contribution is -0.114. The van der Waals surface area contributed by atoms with Gasteiger partial charge in [0.05, 0.1) is 18.9 Å². The Morgan fingerprint density at radius 1 is 1.26 bits per heavy atom. The maximum atomic E-state index is 12.1. The number of hydrogen-bond donors (Lipinski definition) is 2. The van der Waals surface area contributed by atoms with Gasteiger partial charge >= 0.3 is 6.03 Å². The average Bonchev–Trinajstić information content (AvgIpc) is 2.54. The number of para-hydroxylation sites is 1. The Hall–Kier alpha value is -3.42. The number of methoxy groups -OCH3 is 1. The molecule has 0 unspecified atom stereocenters. The van der Waals surface area contributed by atoms with E-state index in [0.717, 1.165) is 0 Å². The van der Waals surface area contributed by atoms with Gasteiger partial charge in [-0.2, -0.15) is 0 Å². The second-order valence-corrected chi connectivity index (χ2v) is 4.23. The molecule has 3 N–H and O–H groups in total. The summed E-state index contributed by atoms with van der Waals surface area (Å²) in [6.07, 6.45) is 4.06. The van der Waals surface area contributed by atoms with Crippen LogP contribution in [-0.4, -0.2) is 29.0 Å². The first-order chi connectivity index (χ1) is 11.1. The zero-order valence-electron chi connectivity index (χ0n) is 12.2. The number of primary amides is 1. The summed E-state index contributed by atoms with van der Waals surface area (Å²) in [5.74, 6) is -0.0493. The maximum absolute atomic E-state index is 12.1. The third-order valence-corrected chi connectivity index (χ3v) is 2.66. The van der Waals surface area contributed by atoms with Crippen molar-refractivity contribution >= 4 is 17.5 Å². The van der Waals surface area contributed by atoms with E-state index < -0.39 is 11.9 Å². The molecule has 2 aromatic rings. The fourth-order valence-electron chi connectivity index (χ4n) is 1.77. The lowest BCUT2D eigenvalue weighted by Gasteiger charge is -2.12. The number of aromatic nitrogens is 2. The van der Waals surface area contributed by atoms with Crippen LogP contribution in [0.15, 0.2) is 49.1 Å². The molecule has 2 rings (SSSR count). The van der Waals surface area contributed by atoms with E-state index in [1.54, 1.807) is 30.3 Å². The minimum atomic E-state index is -0.966. The number of ether oxygens (including phenoxy) is 2. The van der Waals surface area contributed by atoms with Crippen LogP contribution in [0, 0.1) is 0 Å². The number of carbonyl (C=O) groups is 2. The SMILES string of the molecule is CO/C=C(/C(=O)NC(N)=O)c1ccccc1Oc1ccncn1. The second-order valence-electron chi connectivity index (χ2n) is 4.23. The number of urea groups is 1. The highest BCUT2D eigenvalue weighted by Crippen LogP contribution is 2.29. The summed E-state index contributed by atoms with van der Waals surface area (Å²) in [5.41, 5.74) is 5.47. The van der Waals surface area contributed by atoms with E-state index in [9.17, 15) is 9.59 Å². The molecule has 1 heterocycles. The van der Waals surface area contributed by atoms with Crippen molar-refractivity contribution < 1.29 is 19.1 Å². The molecule has 1 aromatic heterocycles. The van der Waals surface area contributed by atoms with Crippen LogP contribution in [0.5, 0.6) is 11.6 Å². The summed E-state index contributed by atoms with van der Waals surface area (Å²) in [4.78, 5) is 30.8. The van der Waals surface area contributed by atoms with Crippen molar-refractivity contribution in [3.63, 3.8) is 0 Å². The van der Waals surface area contributed by atoms with E-state index in [-0.39, 0.29) is 5.57 Å². The highest BCUT2D eigenvalue weighted by atomic mass is 16.5. The lowest BCUT2D eigenvalue weighted by atomic mass is 10.1. The van der Waals surface area contributed by atoms with E-state index in [1.807, 2.05) is 5.32 Å². The Bertz CT molecular complexity index is 731. The molecule has 0 saturated heterocycles. The van der Waals surface area contributed by atoms with Crippen molar-refractivity contribution in [1.29, 1.82) is 0 Å². The number of hydrogen-bond acceptors (Lipinski definition) is 6. The molecule has 0 aliphatic carbocycles. The molecule has 0 radical (unpaired) electrons. The van der Waals surface area contributed by atoms with Crippen LogP contribution in [-0.2, 0) is 9.53 Å². The van der Waals surface area contributed by atoms with Crippen molar-refractivity contribution in [2.24, 2.45) is 5.73 Å². The van der Waals surface area contributed by atoms with E-state index in [1.165, 1.54) is 25.9 Å². The van der Waals surface area contributed by atoms with E-state index in [0.29, 0.717) is 17.2 Å². The van der Waals surface area contributed by atoms with Gasteiger partial charge in [-0.25, -0.2) is 14.8 Å². The van der Waals surface area contributed by atoms with E-state index in [4.69, 9.17) is 15.2 Å². The molecule has 0 spiro atoms. The quantitative estimate of drug-likeness (QED) is 0.637. The molecule has 0 aliphatic rings. The Morgan fingerprint density at radius 3 is 2.70 bits per heavy atom. The summed E-state index contributed by atoms with van der Waals surface area (Å²) >= 11 is 0. The Labute approximate surface area is 132 Å². The lowest BCUT2D eigenvalue weighted by Crippen LogP contribution is -2.35. The molecular weight excluding hydrogens is 300 g/mol. The van der Waals surface area contributed by atoms with Gasteiger partial charge < -0.3 is 15.2 Å². The number of nitrogens with one attached hydrogen (secondary N) is 1. The number of carbonyl (C=O) groups excluding carboxylic acids is 2. The molecule has 8 nitrogen and oxygen atoms in total. The number of nitrogens with zero attached hydrogens (tertiary/aromatic N) is 2. The highest BCUT2D eigenvalue weighted by molar-refractivity contribution is 6.23. The van der Waals surface area contributed by atoms with Gasteiger partial charge in [0.15, 0.2) is 0 Å². The normalized spacial score (nSPS) is 10.7. The molecule has 0 aliphatic heterocycles. The Balaban J connectivity index is 2.38. The van der Waals surface area contributed by atoms with E-state index >= 15 is 0 Å². The third-order valence-electron chi connectivity index (χ3n) is 2.66. The van der Waals surface area contributed by atoms with Crippen LogP contribution in [0.3, 0.4) is 0 Å². The van der Waals surface area contributed by atoms with Crippen LogP contribution in [0.1, 0.15) is 5.56 Å². The first-order valence-corrected chi connectivity index (χ1v) is 6.49. The number of nitrogens with two attached hydrogens (primary N) is 1. The highest BCUT2D eigenvalue weighted by Gasteiger charge is 2.18. The van der Waals surface area contributed by atoms with Gasteiger partial charge in [-0.1, -0.05) is 18.2 Å². The number of benzene rings is 1. The minimum absolute atomic E-state index is 0.0796. The topological polar surface area (TPSA) is 116 Å². The fraction of sp³-hybridized carbons (Fsp3) is 0.0667. The van der Waals surface area contributed by atoms with Crippen molar-refractivity contribution in [3.8, 4) is 11.6 Å². The molecule has 23 heavy (non-hydrogen) atoms. The molecule has 0 atom stereocenters. The van der Waals surface area contributed by atoms with Crippen LogP contribution in [0.4, 0.5) is 4.79 Å². The summed E-state index contributed by atoms with van der Waals surface area (Å²) in [5, 5.41) is 1.99. The Morgan fingerprint density at radius 2 is 2.04 bits per heavy atom. The third kappa shape index (κ3) is 4.27. The van der Waals surface area contributed by atoms with Crippen LogP contribution < -0.4 is 15.8 Å². The van der Waals surface area contributed by atoms with Crippen LogP contribution in [0.2, 0.25) is 0 Å². The Kier molecular flexibility index (Phi) is 5.24. The number of imide groups is 1. The van der Waals surface area contributed by atoms with Crippen LogP contribution >= 0.6 is 0 Å². The first-order valence-electron chi connectivity index (χ1n) is 6.49. The monoisotopic (exact) mass is 314 g/mol. The van der Waals surface area contributed by atoms with Gasteiger partial charge in [-0.3, -0.25) is 10.1 Å². The van der Waals surface area contributed by atoms with Crippen LogP contribution in [0.25, 0.3) is 5.57 Å². The van der Waals surface area contributed by atoms with Gasteiger partial charge in [0.25, 0.3) is 5.91 Å². The minimum Gasteiger partial charge on any atom is -0.504 e. The van der Waals surface area contributed by atoms with Gasteiger partial charge in [0.1, 0.15) is 12.1 Å². The summed E-state index contributed by atoms with van der Waals surface area (Å²) in [6.45, 7) is 0. The summed E-state index contributed by atoms with van der Waals surface area (Å²) < 4.78 is 10.6. The molecule has 8 heteroatoms. The predicted octanol–water partition coefficient (Wildman–Crippen LogP) is 1.45. The average molecular weight is 314 g/mol. The zero-order valence-corrected chi connectivity index (χ0v) is 12.2. The molecule has 3 amide bonds. The number of rotatable bonds is 5. The first kappa shape index (κ1) is 16.0. The summed E-state index contributed by atoms with van der Waals surface area (Å²) in [7, 11) is 1.38. The summed E-state index contributed by atoms with van der Waals surface area (Å²) in [6, 6.07) is 7.34. The maximum Gasteiger partial charge on any atom is 0.319 e. The van der Waals surface area contributed by atoms with Gasteiger partial charge in [-0.05, 0) is 6.07 Å². The smallest absolute Gasteiger partial charge is 0.319 e. The van der Waals surface area contributed by atoms with Gasteiger partial charge in [0.2, 0.25) is 5.88 Å². The molecule has 118 valence electrons. The number of amides is 3. The second kappa shape index (κ2) is 7.55. The molecule has 1 aromatic carbocycles. The fourth-order valence-corrected chi connectivity index (χ4v) is 1.77. The molecule has 0 saturated carbocycles. The standard InChI is InChI=1S/C15H14N4O4/c1-22-8-11(14(20)19-15(16)21)10-4-2-3-5-12(10)23-13-6-7-17-9-18-13/h2-9H,1H3,(H3,16,19,20,21)/b11-8+. The predicted molar refractivity (Wildman–Crippen MR) is 81.3 cm³/mol. The van der Waals surface area contributed by atoms with Gasteiger partial charge in [-0.15, -0.1) is 0 Å². The molecule has 0 fully saturated rings. The molecular formula is C15H14N4O4. The van der Waals surface area contributed by atoms with Crippen molar-refractivity contribution in [1.82, 2.24) is 15.3 Å². The van der Waals surface area contributed by atoms with Crippen molar-refractivity contribution in [2.45, 2.75) is 0 Å². The van der Waals surface area contributed by atoms with Crippen molar-refractivity contribution in [3.05, 3.63) is 54.7 Å².